The lowest BCUT2D eigenvalue weighted by Crippen LogP contribution is -2.28. The second-order valence-electron chi connectivity index (χ2n) is 6.61. The van der Waals surface area contributed by atoms with Crippen LogP contribution in [0, 0.1) is 6.92 Å². The van der Waals surface area contributed by atoms with Gasteiger partial charge in [-0.3, -0.25) is 4.79 Å². The van der Waals surface area contributed by atoms with E-state index in [0.717, 1.165) is 23.3 Å². The van der Waals surface area contributed by atoms with Crippen molar-refractivity contribution in [3.63, 3.8) is 0 Å². The van der Waals surface area contributed by atoms with Crippen LogP contribution in [-0.4, -0.2) is 38.0 Å². The Morgan fingerprint density at radius 2 is 1.85 bits per heavy atom. The van der Waals surface area contributed by atoms with Crippen LogP contribution in [-0.2, 0) is 10.0 Å². The highest BCUT2D eigenvalue weighted by Crippen LogP contribution is 2.27. The summed E-state index contributed by atoms with van der Waals surface area (Å²) in [6.07, 6.45) is 3.72. The van der Waals surface area contributed by atoms with Crippen LogP contribution in [0.2, 0.25) is 0 Å². The van der Waals surface area contributed by atoms with Gasteiger partial charge in [-0.2, -0.15) is 4.31 Å². The van der Waals surface area contributed by atoms with Crippen LogP contribution >= 0.6 is 11.8 Å². The molecule has 1 aromatic carbocycles. The summed E-state index contributed by atoms with van der Waals surface area (Å²) in [5, 5.41) is 2.86. The zero-order valence-corrected chi connectivity index (χ0v) is 17.3. The Labute approximate surface area is 164 Å². The fourth-order valence-corrected chi connectivity index (χ4v) is 5.23. The van der Waals surface area contributed by atoms with E-state index in [9.17, 15) is 13.2 Å². The highest BCUT2D eigenvalue weighted by atomic mass is 32.2. The number of thioether (sulfide) groups is 1. The third-order valence-electron chi connectivity index (χ3n) is 4.74. The predicted molar refractivity (Wildman–Crippen MR) is 106 cm³/mol. The van der Waals surface area contributed by atoms with Crippen molar-refractivity contribution in [2.45, 2.75) is 42.5 Å². The summed E-state index contributed by atoms with van der Waals surface area (Å²) >= 11 is 1.65. The van der Waals surface area contributed by atoms with E-state index >= 15 is 0 Å². The normalized spacial score (nSPS) is 16.4. The minimum atomic E-state index is -3.61. The van der Waals surface area contributed by atoms with Gasteiger partial charge in [0.15, 0.2) is 5.76 Å². The van der Waals surface area contributed by atoms with E-state index in [0.29, 0.717) is 13.1 Å². The topological polar surface area (TPSA) is 79.6 Å². The van der Waals surface area contributed by atoms with E-state index in [1.807, 2.05) is 37.4 Å². The highest BCUT2D eigenvalue weighted by molar-refractivity contribution is 7.98. The van der Waals surface area contributed by atoms with Gasteiger partial charge in [-0.1, -0.05) is 12.1 Å². The smallest absolute Gasteiger partial charge is 0.287 e. The largest absolute Gasteiger partial charge is 0.455 e. The average Bonchev–Trinajstić information content (AvgIpc) is 3.32. The number of carbonyl (C=O) groups excluding carboxylic acids is 1. The molecule has 0 bridgehead atoms. The standard InChI is InChI=1S/C19H24N2O4S2/c1-13(15-6-8-16(26-3)9-7-15)20-19(22)17-12-18(14(2)25-17)27(23,24)21-10-4-5-11-21/h6-9,12-13H,4-5,10-11H2,1-3H3,(H,20,22)/t13-/m0/s1. The molecule has 1 atom stereocenters. The number of sulfonamides is 1. The van der Waals surface area contributed by atoms with Crippen LogP contribution in [0.25, 0.3) is 0 Å². The van der Waals surface area contributed by atoms with Gasteiger partial charge in [0.25, 0.3) is 5.91 Å². The van der Waals surface area contributed by atoms with Crippen LogP contribution in [0.5, 0.6) is 0 Å². The van der Waals surface area contributed by atoms with Gasteiger partial charge in [0.05, 0.1) is 6.04 Å². The number of nitrogens with one attached hydrogen (secondary N) is 1. The number of nitrogens with zero attached hydrogens (tertiary/aromatic N) is 1. The van der Waals surface area contributed by atoms with Crippen molar-refractivity contribution < 1.29 is 17.6 Å². The molecule has 0 radical (unpaired) electrons. The molecule has 1 saturated heterocycles. The highest BCUT2D eigenvalue weighted by Gasteiger charge is 2.31. The fraction of sp³-hybridized carbons (Fsp3) is 0.421. The number of amides is 1. The Morgan fingerprint density at radius 1 is 1.22 bits per heavy atom. The number of hydrogen-bond donors (Lipinski definition) is 1. The molecule has 0 unspecified atom stereocenters. The summed E-state index contributed by atoms with van der Waals surface area (Å²) in [6, 6.07) is 9.04. The first-order valence-corrected chi connectivity index (χ1v) is 11.5. The van der Waals surface area contributed by atoms with E-state index in [-0.39, 0.29) is 22.5 Å². The summed E-state index contributed by atoms with van der Waals surface area (Å²) < 4.78 is 32.4. The number of carbonyl (C=O) groups is 1. The van der Waals surface area contributed by atoms with Gasteiger partial charge in [0.1, 0.15) is 10.7 Å². The molecule has 1 amide bonds. The van der Waals surface area contributed by atoms with Gasteiger partial charge in [-0.05, 0) is 50.6 Å². The van der Waals surface area contributed by atoms with E-state index in [4.69, 9.17) is 4.42 Å². The van der Waals surface area contributed by atoms with Crippen LogP contribution in [0.4, 0.5) is 0 Å². The van der Waals surface area contributed by atoms with E-state index in [1.165, 1.54) is 10.4 Å². The van der Waals surface area contributed by atoms with Gasteiger partial charge in [0, 0.05) is 24.1 Å². The first kappa shape index (κ1) is 20.0. The molecule has 1 fully saturated rings. The Morgan fingerprint density at radius 3 is 2.44 bits per heavy atom. The lowest BCUT2D eigenvalue weighted by Gasteiger charge is -2.14. The SMILES string of the molecule is CSc1ccc([C@H](C)NC(=O)c2cc(S(=O)(=O)N3CCCC3)c(C)o2)cc1. The average molecular weight is 409 g/mol. The Hall–Kier alpha value is -1.77. The third-order valence-corrected chi connectivity index (χ3v) is 7.49. The van der Waals surface area contributed by atoms with Crippen molar-refractivity contribution in [2.24, 2.45) is 0 Å². The molecular weight excluding hydrogens is 384 g/mol. The molecular formula is C19H24N2O4S2. The molecule has 146 valence electrons. The molecule has 1 aliphatic heterocycles. The summed E-state index contributed by atoms with van der Waals surface area (Å²) in [5.74, 6) is -0.177. The van der Waals surface area contributed by atoms with Crippen LogP contribution in [0.15, 0.2) is 44.5 Å². The predicted octanol–water partition coefficient (Wildman–Crippen LogP) is 3.59. The van der Waals surface area contributed by atoms with Gasteiger partial charge in [-0.15, -0.1) is 11.8 Å². The minimum absolute atomic E-state index is 0.0119. The van der Waals surface area contributed by atoms with Crippen LogP contribution < -0.4 is 5.32 Å². The van der Waals surface area contributed by atoms with Crippen molar-refractivity contribution >= 4 is 27.7 Å². The molecule has 1 aromatic heterocycles. The van der Waals surface area contributed by atoms with Crippen molar-refractivity contribution in [3.8, 4) is 0 Å². The molecule has 2 aromatic rings. The number of hydrogen-bond acceptors (Lipinski definition) is 5. The maximum Gasteiger partial charge on any atom is 0.287 e. The lowest BCUT2D eigenvalue weighted by molar-refractivity contribution is 0.0910. The monoisotopic (exact) mass is 408 g/mol. The summed E-state index contributed by atoms with van der Waals surface area (Å²) in [4.78, 5) is 13.8. The number of rotatable bonds is 6. The molecule has 8 heteroatoms. The Balaban J connectivity index is 1.75. The molecule has 0 saturated carbocycles. The first-order chi connectivity index (χ1) is 12.8. The molecule has 27 heavy (non-hydrogen) atoms. The summed E-state index contributed by atoms with van der Waals surface area (Å²) in [7, 11) is -3.61. The van der Waals surface area contributed by atoms with E-state index in [2.05, 4.69) is 5.32 Å². The second kappa shape index (κ2) is 8.08. The van der Waals surface area contributed by atoms with Gasteiger partial charge in [-0.25, -0.2) is 8.42 Å². The van der Waals surface area contributed by atoms with Crippen molar-refractivity contribution in [1.29, 1.82) is 0 Å². The van der Waals surface area contributed by atoms with Gasteiger partial charge in [0.2, 0.25) is 10.0 Å². The fourth-order valence-electron chi connectivity index (χ4n) is 3.14. The maximum absolute atomic E-state index is 12.7. The van der Waals surface area contributed by atoms with E-state index < -0.39 is 15.9 Å². The second-order valence-corrected chi connectivity index (χ2v) is 9.40. The molecule has 1 N–H and O–H groups in total. The number of benzene rings is 1. The molecule has 6 nitrogen and oxygen atoms in total. The number of aryl methyl sites for hydroxylation is 1. The number of furan rings is 1. The van der Waals surface area contributed by atoms with Crippen LogP contribution in [0.3, 0.4) is 0 Å². The first-order valence-electron chi connectivity index (χ1n) is 8.88. The summed E-state index contributed by atoms with van der Waals surface area (Å²) in [5.41, 5.74) is 0.967. The zero-order valence-electron chi connectivity index (χ0n) is 15.7. The van der Waals surface area contributed by atoms with Crippen LogP contribution in [0.1, 0.15) is 47.7 Å². The Bertz CT molecular complexity index is 914. The van der Waals surface area contributed by atoms with E-state index in [1.54, 1.807) is 18.7 Å². The lowest BCUT2D eigenvalue weighted by atomic mass is 10.1. The van der Waals surface area contributed by atoms with Gasteiger partial charge >= 0.3 is 0 Å². The van der Waals surface area contributed by atoms with Crippen molar-refractivity contribution in [3.05, 3.63) is 47.4 Å². The maximum atomic E-state index is 12.7. The molecule has 1 aliphatic rings. The minimum Gasteiger partial charge on any atom is -0.455 e. The van der Waals surface area contributed by atoms with Gasteiger partial charge < -0.3 is 9.73 Å². The molecule has 3 rings (SSSR count). The molecule has 2 heterocycles. The van der Waals surface area contributed by atoms with Crippen molar-refractivity contribution in [1.82, 2.24) is 9.62 Å². The Kier molecular flexibility index (Phi) is 5.98. The molecule has 0 aliphatic carbocycles. The quantitative estimate of drug-likeness (QED) is 0.739. The summed E-state index contributed by atoms with van der Waals surface area (Å²) in [6.45, 7) is 4.48. The zero-order chi connectivity index (χ0) is 19.6. The third kappa shape index (κ3) is 4.23. The molecule has 0 spiro atoms. The van der Waals surface area contributed by atoms with Crippen molar-refractivity contribution in [2.75, 3.05) is 19.3 Å².